The van der Waals surface area contributed by atoms with Gasteiger partial charge in [0.05, 0.1) is 19.3 Å². The first-order valence-electron chi connectivity index (χ1n) is 8.88. The molecule has 0 atom stereocenters. The van der Waals surface area contributed by atoms with E-state index in [4.69, 9.17) is 4.74 Å². The van der Waals surface area contributed by atoms with E-state index >= 15 is 0 Å². The quantitative estimate of drug-likeness (QED) is 0.750. The number of hydrogen-bond donors (Lipinski definition) is 1. The summed E-state index contributed by atoms with van der Waals surface area (Å²) in [6, 6.07) is 7.79. The van der Waals surface area contributed by atoms with Gasteiger partial charge in [0.1, 0.15) is 17.4 Å². The number of fused-ring (bicyclic) bond motifs is 1. The molecule has 0 saturated carbocycles. The van der Waals surface area contributed by atoms with Crippen LogP contribution in [0.5, 0.6) is 11.5 Å². The Balaban J connectivity index is 1.34. The summed E-state index contributed by atoms with van der Waals surface area (Å²) in [4.78, 5) is 22.3. The van der Waals surface area contributed by atoms with E-state index in [0.29, 0.717) is 36.8 Å². The van der Waals surface area contributed by atoms with Crippen LogP contribution in [0.25, 0.3) is 0 Å². The molecular formula is C19H19FN6O2. The Bertz CT molecular complexity index is 991. The van der Waals surface area contributed by atoms with Crippen molar-refractivity contribution in [3.05, 3.63) is 65.8 Å². The topological polar surface area (TPSA) is 85.2 Å². The molecule has 1 aliphatic rings. The van der Waals surface area contributed by atoms with E-state index in [-0.39, 0.29) is 18.3 Å². The number of carbonyl (C=O) groups excluding carboxylic acids is 1. The first-order valence-corrected chi connectivity index (χ1v) is 8.88. The third-order valence-corrected chi connectivity index (χ3v) is 4.36. The minimum atomic E-state index is -0.503. The highest BCUT2D eigenvalue weighted by molar-refractivity contribution is 5.74. The molecule has 144 valence electrons. The summed E-state index contributed by atoms with van der Waals surface area (Å²) < 4.78 is 21.6. The molecule has 3 aromatic rings. The van der Waals surface area contributed by atoms with Gasteiger partial charge in [-0.15, -0.1) is 0 Å². The van der Waals surface area contributed by atoms with Crippen molar-refractivity contribution < 1.29 is 13.9 Å². The number of benzene rings is 1. The summed E-state index contributed by atoms with van der Waals surface area (Å²) in [5, 5.41) is 7.09. The lowest BCUT2D eigenvalue weighted by Gasteiger charge is -2.26. The molecular weight excluding hydrogens is 363 g/mol. The fraction of sp³-hybridized carbons (Fsp3) is 0.263. The van der Waals surface area contributed by atoms with Crippen molar-refractivity contribution >= 4 is 6.03 Å². The fourth-order valence-corrected chi connectivity index (χ4v) is 2.99. The zero-order valence-electron chi connectivity index (χ0n) is 15.3. The standard InChI is InChI=1S/C19H19FN6O2/c1-13-23-18-12-25(7-8-26(18)24-13)19(27)22-10-14-4-5-17(16(20)9-14)28-15-3-2-6-21-11-15/h2-6,9,11H,7-8,10,12H2,1H3,(H,22,27). The van der Waals surface area contributed by atoms with E-state index in [9.17, 15) is 9.18 Å². The maximum Gasteiger partial charge on any atom is 0.318 e. The van der Waals surface area contributed by atoms with Gasteiger partial charge in [0.2, 0.25) is 0 Å². The molecule has 9 heteroatoms. The zero-order valence-corrected chi connectivity index (χ0v) is 15.3. The van der Waals surface area contributed by atoms with E-state index in [1.54, 1.807) is 29.3 Å². The van der Waals surface area contributed by atoms with Crippen molar-refractivity contribution in [2.24, 2.45) is 0 Å². The molecule has 0 aliphatic carbocycles. The van der Waals surface area contributed by atoms with E-state index < -0.39 is 5.82 Å². The average molecular weight is 382 g/mol. The molecule has 2 amide bonds. The van der Waals surface area contributed by atoms with Crippen LogP contribution in [0.4, 0.5) is 9.18 Å². The van der Waals surface area contributed by atoms with Crippen LogP contribution in [-0.2, 0) is 19.6 Å². The third kappa shape index (κ3) is 3.93. The molecule has 4 rings (SSSR count). The SMILES string of the molecule is Cc1nc2n(n1)CCN(C(=O)NCc1ccc(Oc3cccnc3)c(F)c1)C2. The lowest BCUT2D eigenvalue weighted by Crippen LogP contribution is -2.44. The van der Waals surface area contributed by atoms with Gasteiger partial charge in [-0.05, 0) is 36.8 Å². The number of carbonyl (C=O) groups is 1. The Labute approximate surface area is 161 Å². The lowest BCUT2D eigenvalue weighted by atomic mass is 10.2. The monoisotopic (exact) mass is 382 g/mol. The minimum Gasteiger partial charge on any atom is -0.453 e. The molecule has 0 bridgehead atoms. The van der Waals surface area contributed by atoms with Crippen LogP contribution in [0.2, 0.25) is 0 Å². The Morgan fingerprint density at radius 2 is 2.21 bits per heavy atom. The van der Waals surface area contributed by atoms with Gasteiger partial charge in [0, 0.05) is 19.3 Å². The predicted octanol–water partition coefficient (Wildman–Crippen LogP) is 2.64. The van der Waals surface area contributed by atoms with Crippen molar-refractivity contribution in [2.45, 2.75) is 26.6 Å². The summed E-state index contributed by atoms with van der Waals surface area (Å²) in [7, 11) is 0. The molecule has 8 nitrogen and oxygen atoms in total. The van der Waals surface area contributed by atoms with Crippen LogP contribution in [-0.4, -0.2) is 37.2 Å². The number of nitrogens with zero attached hydrogens (tertiary/aromatic N) is 5. The van der Waals surface area contributed by atoms with Gasteiger partial charge in [-0.2, -0.15) is 5.10 Å². The molecule has 1 aliphatic heterocycles. The van der Waals surface area contributed by atoms with E-state index in [1.165, 1.54) is 18.3 Å². The van der Waals surface area contributed by atoms with Crippen LogP contribution < -0.4 is 10.1 Å². The fourth-order valence-electron chi connectivity index (χ4n) is 2.99. The summed E-state index contributed by atoms with van der Waals surface area (Å²) in [5.41, 5.74) is 0.639. The molecule has 1 aromatic carbocycles. The Kier molecular flexibility index (Phi) is 4.88. The van der Waals surface area contributed by atoms with Crippen LogP contribution in [0, 0.1) is 12.7 Å². The van der Waals surface area contributed by atoms with Gasteiger partial charge >= 0.3 is 6.03 Å². The summed E-state index contributed by atoms with van der Waals surface area (Å²) >= 11 is 0. The highest BCUT2D eigenvalue weighted by Crippen LogP contribution is 2.24. The molecule has 28 heavy (non-hydrogen) atoms. The van der Waals surface area contributed by atoms with Gasteiger partial charge in [-0.25, -0.2) is 18.9 Å². The van der Waals surface area contributed by atoms with E-state index in [1.807, 2.05) is 11.6 Å². The number of urea groups is 1. The first-order chi connectivity index (χ1) is 13.6. The highest BCUT2D eigenvalue weighted by atomic mass is 19.1. The number of halogens is 1. The van der Waals surface area contributed by atoms with Crippen LogP contribution in [0.1, 0.15) is 17.2 Å². The van der Waals surface area contributed by atoms with Crippen molar-refractivity contribution in [2.75, 3.05) is 6.54 Å². The summed E-state index contributed by atoms with van der Waals surface area (Å²) in [6.45, 7) is 3.60. The molecule has 0 spiro atoms. The second-order valence-electron chi connectivity index (χ2n) is 6.43. The van der Waals surface area contributed by atoms with Gasteiger partial charge in [0.25, 0.3) is 0 Å². The Morgan fingerprint density at radius 3 is 3.00 bits per heavy atom. The van der Waals surface area contributed by atoms with E-state index in [2.05, 4.69) is 20.4 Å². The van der Waals surface area contributed by atoms with Gasteiger partial charge in [-0.3, -0.25) is 4.98 Å². The molecule has 0 saturated heterocycles. The van der Waals surface area contributed by atoms with Crippen molar-refractivity contribution in [1.29, 1.82) is 0 Å². The van der Waals surface area contributed by atoms with Crippen LogP contribution in [0.15, 0.2) is 42.7 Å². The number of pyridine rings is 1. The number of aromatic nitrogens is 4. The largest absolute Gasteiger partial charge is 0.453 e. The number of ether oxygens (including phenoxy) is 1. The third-order valence-electron chi connectivity index (χ3n) is 4.36. The molecule has 0 fully saturated rings. The molecule has 2 aromatic heterocycles. The maximum absolute atomic E-state index is 14.3. The number of rotatable bonds is 4. The second kappa shape index (κ2) is 7.63. The van der Waals surface area contributed by atoms with Crippen LogP contribution >= 0.6 is 0 Å². The maximum atomic E-state index is 14.3. The smallest absolute Gasteiger partial charge is 0.318 e. The second-order valence-corrected chi connectivity index (χ2v) is 6.43. The van der Waals surface area contributed by atoms with E-state index in [0.717, 1.165) is 5.82 Å². The normalized spacial score (nSPS) is 13.1. The minimum absolute atomic E-state index is 0.105. The number of nitrogens with one attached hydrogen (secondary N) is 1. The Morgan fingerprint density at radius 1 is 1.32 bits per heavy atom. The predicted molar refractivity (Wildman–Crippen MR) is 98.1 cm³/mol. The number of amides is 2. The van der Waals surface area contributed by atoms with Crippen molar-refractivity contribution in [3.63, 3.8) is 0 Å². The Hall–Kier alpha value is -3.49. The summed E-state index contributed by atoms with van der Waals surface area (Å²) in [6.07, 6.45) is 3.12. The number of aryl methyl sites for hydroxylation is 1. The van der Waals surface area contributed by atoms with Gasteiger partial charge in [0.15, 0.2) is 11.6 Å². The molecule has 1 N–H and O–H groups in total. The molecule has 0 radical (unpaired) electrons. The molecule has 3 heterocycles. The van der Waals surface area contributed by atoms with Crippen LogP contribution in [0.3, 0.4) is 0 Å². The first kappa shape index (κ1) is 17.9. The van der Waals surface area contributed by atoms with Crippen molar-refractivity contribution in [3.8, 4) is 11.5 Å². The zero-order chi connectivity index (χ0) is 19.5. The lowest BCUT2D eigenvalue weighted by molar-refractivity contribution is 0.179. The van der Waals surface area contributed by atoms with Gasteiger partial charge < -0.3 is 15.0 Å². The molecule has 0 unspecified atom stereocenters. The van der Waals surface area contributed by atoms with Gasteiger partial charge in [-0.1, -0.05) is 6.07 Å². The average Bonchev–Trinajstić information content (AvgIpc) is 3.08. The van der Waals surface area contributed by atoms with Crippen molar-refractivity contribution in [1.82, 2.24) is 30.0 Å². The number of hydrogen-bond acceptors (Lipinski definition) is 5. The highest BCUT2D eigenvalue weighted by Gasteiger charge is 2.22. The summed E-state index contributed by atoms with van der Waals surface area (Å²) in [5.74, 6) is 1.52.